The molecular weight excluding hydrogens is 352 g/mol. The number of sulfonamides is 1. The molecule has 0 radical (unpaired) electrons. The summed E-state index contributed by atoms with van der Waals surface area (Å²) in [7, 11) is -1.86. The van der Waals surface area contributed by atoms with Crippen molar-refractivity contribution in [3.8, 4) is 0 Å². The summed E-state index contributed by atoms with van der Waals surface area (Å²) in [4.78, 5) is 0.327. The lowest BCUT2D eigenvalue weighted by Gasteiger charge is -2.27. The third-order valence-electron chi connectivity index (χ3n) is 3.77. The number of nitrogens with zero attached hydrogens (tertiary/aromatic N) is 1. The van der Waals surface area contributed by atoms with Crippen molar-refractivity contribution >= 4 is 26.0 Å². The number of benzene rings is 1. The van der Waals surface area contributed by atoms with E-state index in [4.69, 9.17) is 0 Å². The van der Waals surface area contributed by atoms with Crippen LogP contribution >= 0.6 is 15.9 Å². The van der Waals surface area contributed by atoms with Crippen LogP contribution in [0, 0.1) is 5.92 Å². The Morgan fingerprint density at radius 3 is 2.43 bits per heavy atom. The summed E-state index contributed by atoms with van der Waals surface area (Å²) in [5.74, 6) is 0.258. The molecule has 1 N–H and O–H groups in total. The fourth-order valence-corrected chi connectivity index (χ4v) is 4.39. The van der Waals surface area contributed by atoms with Crippen LogP contribution in [0.2, 0.25) is 0 Å². The van der Waals surface area contributed by atoms with Crippen LogP contribution in [0.25, 0.3) is 0 Å². The van der Waals surface area contributed by atoms with Gasteiger partial charge in [-0.25, -0.2) is 8.42 Å². The van der Waals surface area contributed by atoms with Gasteiger partial charge in [-0.3, -0.25) is 0 Å². The molecule has 0 aliphatic heterocycles. The third kappa shape index (κ3) is 4.52. The average molecular weight is 377 g/mol. The normalized spacial score (nSPS) is 13.9. The molecule has 120 valence electrons. The van der Waals surface area contributed by atoms with E-state index < -0.39 is 10.0 Å². The molecule has 1 aromatic carbocycles. The Morgan fingerprint density at radius 2 is 1.90 bits per heavy atom. The van der Waals surface area contributed by atoms with Gasteiger partial charge < -0.3 is 5.32 Å². The molecule has 0 aromatic heterocycles. The highest BCUT2D eigenvalue weighted by molar-refractivity contribution is 9.10. The molecule has 0 amide bonds. The summed E-state index contributed by atoms with van der Waals surface area (Å²) < 4.78 is 27.7. The van der Waals surface area contributed by atoms with E-state index in [1.54, 1.807) is 19.2 Å². The van der Waals surface area contributed by atoms with E-state index in [1.165, 1.54) is 4.31 Å². The summed E-state index contributed by atoms with van der Waals surface area (Å²) >= 11 is 3.36. The zero-order chi connectivity index (χ0) is 16.2. The van der Waals surface area contributed by atoms with Crippen molar-refractivity contribution in [2.45, 2.75) is 45.2 Å². The quantitative estimate of drug-likeness (QED) is 0.794. The van der Waals surface area contributed by atoms with Crippen LogP contribution < -0.4 is 5.32 Å². The van der Waals surface area contributed by atoms with Gasteiger partial charge in [0.25, 0.3) is 0 Å². The average Bonchev–Trinajstić information content (AvgIpc) is 2.44. The van der Waals surface area contributed by atoms with E-state index in [0.29, 0.717) is 15.9 Å². The van der Waals surface area contributed by atoms with Gasteiger partial charge in [0.15, 0.2) is 0 Å². The molecule has 0 saturated heterocycles. The molecule has 1 rings (SSSR count). The van der Waals surface area contributed by atoms with Crippen LogP contribution in [0.15, 0.2) is 27.6 Å². The van der Waals surface area contributed by atoms with Crippen molar-refractivity contribution in [1.29, 1.82) is 0 Å². The van der Waals surface area contributed by atoms with Crippen molar-refractivity contribution in [1.82, 2.24) is 9.62 Å². The van der Waals surface area contributed by atoms with Crippen molar-refractivity contribution in [2.24, 2.45) is 5.92 Å². The number of hydrogen-bond acceptors (Lipinski definition) is 3. The van der Waals surface area contributed by atoms with Gasteiger partial charge in [0.2, 0.25) is 10.0 Å². The summed E-state index contributed by atoms with van der Waals surface area (Å²) in [5.41, 5.74) is 0.962. The second kappa shape index (κ2) is 7.72. The first-order chi connectivity index (χ1) is 9.71. The van der Waals surface area contributed by atoms with E-state index >= 15 is 0 Å². The lowest BCUT2D eigenvalue weighted by Crippen LogP contribution is -2.38. The molecule has 0 spiro atoms. The highest BCUT2D eigenvalue weighted by Gasteiger charge is 2.28. The van der Waals surface area contributed by atoms with E-state index in [9.17, 15) is 8.42 Å². The molecule has 4 nitrogen and oxygen atoms in total. The summed E-state index contributed by atoms with van der Waals surface area (Å²) in [6.45, 7) is 9.51. The van der Waals surface area contributed by atoms with Gasteiger partial charge in [0.05, 0.1) is 4.90 Å². The minimum Gasteiger partial charge on any atom is -0.313 e. The lowest BCUT2D eigenvalue weighted by molar-refractivity contribution is 0.315. The van der Waals surface area contributed by atoms with Crippen molar-refractivity contribution in [3.63, 3.8) is 0 Å². The monoisotopic (exact) mass is 376 g/mol. The second-order valence-electron chi connectivity index (χ2n) is 5.55. The van der Waals surface area contributed by atoms with E-state index in [1.807, 2.05) is 33.8 Å². The predicted molar refractivity (Wildman–Crippen MR) is 90.8 cm³/mol. The standard InChI is InChI=1S/C15H25BrN2O2S/c1-6-17-10-13-7-8-14(16)15(9-13)21(19,20)18(5)12(4)11(2)3/h7-9,11-12,17H,6,10H2,1-5H3. The fourth-order valence-electron chi connectivity index (χ4n) is 1.92. The Labute approximate surface area is 137 Å². The van der Waals surface area contributed by atoms with Gasteiger partial charge in [0.1, 0.15) is 0 Å². The first-order valence-corrected chi connectivity index (χ1v) is 9.42. The van der Waals surface area contributed by atoms with E-state index in [2.05, 4.69) is 21.2 Å². The smallest absolute Gasteiger partial charge is 0.244 e. The maximum absolute atomic E-state index is 12.8. The minimum atomic E-state index is -3.50. The maximum atomic E-state index is 12.8. The molecule has 1 atom stereocenters. The van der Waals surface area contributed by atoms with Gasteiger partial charge in [-0.05, 0) is 53.0 Å². The SMILES string of the molecule is CCNCc1ccc(Br)c(S(=O)(=O)N(C)C(C)C(C)C)c1. The molecule has 0 aliphatic rings. The Bertz CT molecular complexity index is 573. The van der Waals surface area contributed by atoms with Crippen LogP contribution in [-0.4, -0.2) is 32.4 Å². The van der Waals surface area contributed by atoms with Crippen LogP contribution in [0.4, 0.5) is 0 Å². The summed E-state index contributed by atoms with van der Waals surface area (Å²) in [6.07, 6.45) is 0. The first-order valence-electron chi connectivity index (χ1n) is 7.19. The number of rotatable bonds is 7. The van der Waals surface area contributed by atoms with E-state index in [0.717, 1.165) is 12.1 Å². The van der Waals surface area contributed by atoms with Gasteiger partial charge in [-0.15, -0.1) is 0 Å². The molecule has 1 aromatic rings. The van der Waals surface area contributed by atoms with E-state index in [-0.39, 0.29) is 12.0 Å². The first kappa shape index (κ1) is 18.6. The number of nitrogens with one attached hydrogen (secondary N) is 1. The summed E-state index contributed by atoms with van der Waals surface area (Å²) in [5, 5.41) is 3.21. The number of halogens is 1. The highest BCUT2D eigenvalue weighted by atomic mass is 79.9. The Hall–Kier alpha value is -0.430. The highest BCUT2D eigenvalue weighted by Crippen LogP contribution is 2.27. The van der Waals surface area contributed by atoms with Crippen LogP contribution in [0.5, 0.6) is 0 Å². The summed E-state index contributed by atoms with van der Waals surface area (Å²) in [6, 6.07) is 5.41. The maximum Gasteiger partial charge on any atom is 0.244 e. The molecule has 1 unspecified atom stereocenters. The van der Waals surface area contributed by atoms with Gasteiger partial charge in [-0.1, -0.05) is 26.8 Å². The number of hydrogen-bond donors (Lipinski definition) is 1. The van der Waals surface area contributed by atoms with Crippen molar-refractivity contribution < 1.29 is 8.42 Å². The molecule has 0 heterocycles. The molecule has 0 aliphatic carbocycles. The van der Waals surface area contributed by atoms with Gasteiger partial charge in [-0.2, -0.15) is 4.31 Å². The molecule has 0 bridgehead atoms. The molecule has 0 saturated carbocycles. The predicted octanol–water partition coefficient (Wildman–Crippen LogP) is 3.22. The second-order valence-corrected chi connectivity index (χ2v) is 8.37. The largest absolute Gasteiger partial charge is 0.313 e. The molecular formula is C15H25BrN2O2S. The van der Waals surface area contributed by atoms with Crippen molar-refractivity contribution in [3.05, 3.63) is 28.2 Å². The molecule has 6 heteroatoms. The van der Waals surface area contributed by atoms with Gasteiger partial charge in [0, 0.05) is 24.1 Å². The molecule has 0 fully saturated rings. The van der Waals surface area contributed by atoms with Crippen LogP contribution in [-0.2, 0) is 16.6 Å². The zero-order valence-electron chi connectivity index (χ0n) is 13.4. The third-order valence-corrected chi connectivity index (χ3v) is 6.71. The Kier molecular flexibility index (Phi) is 6.84. The molecule has 21 heavy (non-hydrogen) atoms. The Morgan fingerprint density at radius 1 is 1.29 bits per heavy atom. The fraction of sp³-hybridized carbons (Fsp3) is 0.600. The lowest BCUT2D eigenvalue weighted by atomic mass is 10.1. The zero-order valence-corrected chi connectivity index (χ0v) is 15.8. The topological polar surface area (TPSA) is 49.4 Å². The van der Waals surface area contributed by atoms with Gasteiger partial charge >= 0.3 is 0 Å². The van der Waals surface area contributed by atoms with Crippen molar-refractivity contribution in [2.75, 3.05) is 13.6 Å². The Balaban J connectivity index is 3.18. The van der Waals surface area contributed by atoms with Crippen LogP contribution in [0.1, 0.15) is 33.3 Å². The van der Waals surface area contributed by atoms with Crippen LogP contribution in [0.3, 0.4) is 0 Å². The minimum absolute atomic E-state index is 0.0562.